The van der Waals surface area contributed by atoms with E-state index in [1.54, 1.807) is 0 Å². The van der Waals surface area contributed by atoms with E-state index in [0.717, 1.165) is 38.8 Å². The van der Waals surface area contributed by atoms with Gasteiger partial charge in [-0.1, -0.05) is 13.0 Å². The normalized spacial score (nSPS) is 47.4. The molecule has 1 N–H and O–H groups in total. The quantitative estimate of drug-likeness (QED) is 0.595. The van der Waals surface area contributed by atoms with E-state index in [9.17, 15) is 9.90 Å². The minimum absolute atomic E-state index is 0.0505. The lowest BCUT2D eigenvalue weighted by molar-refractivity contribution is -0.171. The topological polar surface area (TPSA) is 49.8 Å². The van der Waals surface area contributed by atoms with E-state index in [1.165, 1.54) is 18.9 Å². The largest absolute Gasteiger partial charge is 0.462 e. The Morgan fingerprint density at radius 3 is 3.05 bits per heavy atom. The van der Waals surface area contributed by atoms with Gasteiger partial charge < -0.3 is 9.84 Å². The van der Waals surface area contributed by atoms with Crippen LogP contribution in [-0.2, 0) is 9.53 Å². The Morgan fingerprint density at radius 1 is 1.45 bits per heavy atom. The number of carbonyl (C=O) groups is 1. The second-order valence-electron chi connectivity index (χ2n) is 7.77. The molecule has 0 amide bonds. The molecule has 1 saturated heterocycles. The van der Waals surface area contributed by atoms with Crippen molar-refractivity contribution in [1.82, 2.24) is 4.90 Å². The Kier molecular flexibility index (Phi) is 3.39. The predicted octanol–water partition coefficient (Wildman–Crippen LogP) is 2.12. The van der Waals surface area contributed by atoms with Crippen LogP contribution in [0.25, 0.3) is 0 Å². The highest BCUT2D eigenvalue weighted by molar-refractivity contribution is 5.66. The summed E-state index contributed by atoms with van der Waals surface area (Å²) in [5, 5.41) is 10.8. The Balaban J connectivity index is 1.79. The number of carbonyl (C=O) groups excluding carboxylic acids is 1. The minimum Gasteiger partial charge on any atom is -0.462 e. The predicted molar refractivity (Wildman–Crippen MR) is 83.2 cm³/mol. The van der Waals surface area contributed by atoms with E-state index in [1.807, 2.05) is 0 Å². The average Bonchev–Trinajstić information content (AvgIpc) is 2.47. The first-order valence-electron chi connectivity index (χ1n) is 8.85. The van der Waals surface area contributed by atoms with Gasteiger partial charge in [0.2, 0.25) is 0 Å². The molecule has 0 unspecified atom stereocenters. The van der Waals surface area contributed by atoms with Crippen molar-refractivity contribution in [2.75, 3.05) is 13.1 Å². The summed E-state index contributed by atoms with van der Waals surface area (Å²) in [7, 11) is 0. The molecule has 0 radical (unpaired) electrons. The van der Waals surface area contributed by atoms with E-state index < -0.39 is 0 Å². The number of esters is 1. The first-order chi connectivity index (χ1) is 10.5. The standard InChI is InChI=1S/C18H27NO3/c1-11-10-18-14-5-3-7-19(18)8-4-6-15(18)16(21)9-13(14)17(11)22-12(2)20/h5,11,13,15-17,21H,3-4,6-10H2,1-2H3/t11-,13-,15+,16+,17-,18+/m0/s1. The van der Waals surface area contributed by atoms with Crippen molar-refractivity contribution in [3.05, 3.63) is 11.6 Å². The molecule has 1 spiro atoms. The minimum atomic E-state index is -0.256. The summed E-state index contributed by atoms with van der Waals surface area (Å²) in [6.07, 6.45) is 7.30. The number of hydrogen-bond acceptors (Lipinski definition) is 4. The molecule has 4 rings (SSSR count). The number of hydrogen-bond donors (Lipinski definition) is 1. The van der Waals surface area contributed by atoms with Gasteiger partial charge in [-0.15, -0.1) is 0 Å². The van der Waals surface area contributed by atoms with E-state index in [-0.39, 0.29) is 29.6 Å². The van der Waals surface area contributed by atoms with Gasteiger partial charge in [0.25, 0.3) is 0 Å². The monoisotopic (exact) mass is 305 g/mol. The second-order valence-corrected chi connectivity index (χ2v) is 7.77. The molecule has 22 heavy (non-hydrogen) atoms. The molecular weight excluding hydrogens is 278 g/mol. The fraction of sp³-hybridized carbons (Fsp3) is 0.833. The molecule has 2 heterocycles. The smallest absolute Gasteiger partial charge is 0.302 e. The van der Waals surface area contributed by atoms with Gasteiger partial charge in [-0.25, -0.2) is 0 Å². The fourth-order valence-electron chi connectivity index (χ4n) is 6.07. The third-order valence-electron chi connectivity index (χ3n) is 6.64. The highest BCUT2D eigenvalue weighted by atomic mass is 16.5. The van der Waals surface area contributed by atoms with Crippen LogP contribution in [0.4, 0.5) is 0 Å². The Morgan fingerprint density at radius 2 is 2.27 bits per heavy atom. The van der Waals surface area contributed by atoms with Crippen molar-refractivity contribution in [2.45, 2.75) is 63.7 Å². The number of nitrogens with zero attached hydrogens (tertiary/aromatic N) is 1. The van der Waals surface area contributed by atoms with Crippen LogP contribution in [0.15, 0.2) is 11.6 Å². The van der Waals surface area contributed by atoms with E-state index in [4.69, 9.17) is 4.74 Å². The summed E-state index contributed by atoms with van der Waals surface area (Å²) in [4.78, 5) is 14.2. The molecular formula is C18H27NO3. The maximum Gasteiger partial charge on any atom is 0.302 e. The SMILES string of the molecule is CC(=O)O[C@H]1[C@@H](C)C[C@]23C4=CCCN2CCC[C@@H]3[C@H](O)C[C@@H]41. The lowest BCUT2D eigenvalue weighted by atomic mass is 9.51. The van der Waals surface area contributed by atoms with Crippen molar-refractivity contribution in [3.8, 4) is 0 Å². The van der Waals surface area contributed by atoms with Gasteiger partial charge in [-0.05, 0) is 50.1 Å². The molecule has 2 bridgehead atoms. The third kappa shape index (κ3) is 1.86. The molecule has 4 heteroatoms. The van der Waals surface area contributed by atoms with E-state index in [2.05, 4.69) is 17.9 Å². The number of ether oxygens (including phenoxy) is 1. The van der Waals surface area contributed by atoms with Gasteiger partial charge in [0.1, 0.15) is 6.10 Å². The van der Waals surface area contributed by atoms with Crippen LogP contribution in [0.1, 0.15) is 46.0 Å². The molecule has 0 aromatic carbocycles. The zero-order valence-electron chi connectivity index (χ0n) is 13.6. The molecule has 0 aromatic rings. The molecule has 2 saturated carbocycles. The number of piperidine rings is 1. The van der Waals surface area contributed by atoms with Crippen molar-refractivity contribution in [1.29, 1.82) is 0 Å². The van der Waals surface area contributed by atoms with Crippen LogP contribution < -0.4 is 0 Å². The molecule has 2 aliphatic carbocycles. The zero-order chi connectivity index (χ0) is 15.5. The third-order valence-corrected chi connectivity index (χ3v) is 6.64. The summed E-state index contributed by atoms with van der Waals surface area (Å²) in [6, 6.07) is 0. The molecule has 3 fully saturated rings. The molecule has 6 atom stereocenters. The van der Waals surface area contributed by atoms with Gasteiger partial charge in [0.05, 0.1) is 6.10 Å². The van der Waals surface area contributed by atoms with Gasteiger partial charge in [-0.2, -0.15) is 0 Å². The highest BCUT2D eigenvalue weighted by Crippen LogP contribution is 2.59. The first-order valence-corrected chi connectivity index (χ1v) is 8.85. The van der Waals surface area contributed by atoms with E-state index >= 15 is 0 Å². The van der Waals surface area contributed by atoms with Crippen molar-refractivity contribution < 1.29 is 14.6 Å². The summed E-state index contributed by atoms with van der Waals surface area (Å²) in [5.41, 5.74) is 1.53. The maximum absolute atomic E-state index is 11.5. The first kappa shape index (κ1) is 14.7. The number of rotatable bonds is 1. The maximum atomic E-state index is 11.5. The molecule has 122 valence electrons. The lowest BCUT2D eigenvalue weighted by Crippen LogP contribution is -2.70. The summed E-state index contributed by atoms with van der Waals surface area (Å²) < 4.78 is 5.70. The van der Waals surface area contributed by atoms with Crippen LogP contribution in [0, 0.1) is 17.8 Å². The van der Waals surface area contributed by atoms with E-state index in [0.29, 0.717) is 11.8 Å². The van der Waals surface area contributed by atoms with Crippen LogP contribution in [0.2, 0.25) is 0 Å². The van der Waals surface area contributed by atoms with Crippen LogP contribution in [-0.4, -0.2) is 46.8 Å². The summed E-state index contributed by atoms with van der Waals surface area (Å²) in [5.74, 6) is 0.741. The van der Waals surface area contributed by atoms with Gasteiger partial charge in [-0.3, -0.25) is 9.69 Å². The van der Waals surface area contributed by atoms with Crippen molar-refractivity contribution in [2.24, 2.45) is 17.8 Å². The van der Waals surface area contributed by atoms with Crippen LogP contribution >= 0.6 is 0 Å². The average molecular weight is 305 g/mol. The Labute approximate surface area is 132 Å². The highest BCUT2D eigenvalue weighted by Gasteiger charge is 2.62. The van der Waals surface area contributed by atoms with Crippen molar-refractivity contribution in [3.63, 3.8) is 0 Å². The van der Waals surface area contributed by atoms with Crippen LogP contribution in [0.3, 0.4) is 0 Å². The molecule has 4 nitrogen and oxygen atoms in total. The van der Waals surface area contributed by atoms with Gasteiger partial charge >= 0.3 is 5.97 Å². The number of aliphatic hydroxyl groups excluding tert-OH is 1. The fourth-order valence-corrected chi connectivity index (χ4v) is 6.07. The zero-order valence-corrected chi connectivity index (χ0v) is 13.6. The summed E-state index contributed by atoms with van der Waals surface area (Å²) in [6.45, 7) is 5.99. The molecule has 4 aliphatic rings. The van der Waals surface area contributed by atoms with Crippen LogP contribution in [0.5, 0.6) is 0 Å². The molecule has 0 aromatic heterocycles. The summed E-state index contributed by atoms with van der Waals surface area (Å²) >= 11 is 0. The lowest BCUT2D eigenvalue weighted by Gasteiger charge is -2.65. The van der Waals surface area contributed by atoms with Crippen molar-refractivity contribution >= 4 is 5.97 Å². The Hall–Kier alpha value is -0.870. The molecule has 2 aliphatic heterocycles. The number of aliphatic hydroxyl groups is 1. The Bertz CT molecular complexity index is 516. The van der Waals surface area contributed by atoms with Gasteiger partial charge in [0, 0.05) is 30.8 Å². The second kappa shape index (κ2) is 5.07. The van der Waals surface area contributed by atoms with Gasteiger partial charge in [0.15, 0.2) is 0 Å².